The van der Waals surface area contributed by atoms with Crippen LogP contribution in [0, 0.1) is 5.82 Å². The number of nitrogens with zero attached hydrogens (tertiary/aromatic N) is 5. The highest BCUT2D eigenvalue weighted by Gasteiger charge is 2.35. The molecule has 35 heavy (non-hydrogen) atoms. The lowest BCUT2D eigenvalue weighted by molar-refractivity contribution is -0.927. The van der Waals surface area contributed by atoms with Crippen LogP contribution in [0.3, 0.4) is 0 Å². The van der Waals surface area contributed by atoms with E-state index in [1.807, 2.05) is 35.0 Å². The Morgan fingerprint density at radius 2 is 1.80 bits per heavy atom. The number of hydrogen-bond donors (Lipinski definition) is 1. The monoisotopic (exact) mass is 495 g/mol. The van der Waals surface area contributed by atoms with Gasteiger partial charge in [0.2, 0.25) is 5.82 Å². The minimum absolute atomic E-state index is 0.0832. The summed E-state index contributed by atoms with van der Waals surface area (Å²) in [6.45, 7) is 4.07. The van der Waals surface area contributed by atoms with E-state index in [1.54, 1.807) is 25.6 Å². The van der Waals surface area contributed by atoms with E-state index < -0.39 is 0 Å². The molecule has 1 atom stereocenters. The zero-order chi connectivity index (χ0) is 24.2. The number of methoxy groups -OCH3 is 2. The number of aromatic nitrogens is 4. The van der Waals surface area contributed by atoms with E-state index in [4.69, 9.17) is 9.47 Å². The zero-order valence-corrected chi connectivity index (χ0v) is 20.5. The highest BCUT2D eigenvalue weighted by molar-refractivity contribution is 7.09. The standard InChI is InChI=1S/C25H27FN6O2S/c1-33-22-10-5-18(16-23(22)34-2)24(25-27-28-29-32(25)17-21-4-3-15-35-21)31-13-11-30(12-14-31)20-8-6-19(26)7-9-20/h3-10,15-16,24H,11-14,17H2,1-2H3/p+1/t24-/m0/s1. The van der Waals surface area contributed by atoms with E-state index in [-0.39, 0.29) is 11.9 Å². The lowest BCUT2D eigenvalue weighted by Crippen LogP contribution is -3.15. The molecule has 2 aromatic carbocycles. The predicted molar refractivity (Wildman–Crippen MR) is 132 cm³/mol. The topological polar surface area (TPSA) is 69.7 Å². The second-order valence-electron chi connectivity index (χ2n) is 8.44. The van der Waals surface area contributed by atoms with Gasteiger partial charge in [-0.2, -0.15) is 0 Å². The van der Waals surface area contributed by atoms with Crippen molar-refractivity contribution in [2.75, 3.05) is 45.3 Å². The molecule has 0 bridgehead atoms. The van der Waals surface area contributed by atoms with Crippen LogP contribution < -0.4 is 19.3 Å². The first kappa shape index (κ1) is 23.3. The normalized spacial score (nSPS) is 15.2. The van der Waals surface area contributed by atoms with E-state index >= 15 is 0 Å². The van der Waals surface area contributed by atoms with Gasteiger partial charge in [0.05, 0.1) is 46.9 Å². The van der Waals surface area contributed by atoms with Crippen LogP contribution in [-0.2, 0) is 6.54 Å². The second kappa shape index (κ2) is 10.4. The van der Waals surface area contributed by atoms with Crippen LogP contribution in [-0.4, -0.2) is 60.6 Å². The molecular weight excluding hydrogens is 467 g/mol. The Hall–Kier alpha value is -3.50. The van der Waals surface area contributed by atoms with Crippen LogP contribution in [0.25, 0.3) is 0 Å². The zero-order valence-electron chi connectivity index (χ0n) is 19.7. The molecule has 1 saturated heterocycles. The fourth-order valence-corrected chi connectivity index (χ4v) is 5.36. The number of thiophene rings is 1. The van der Waals surface area contributed by atoms with Crippen LogP contribution >= 0.6 is 11.3 Å². The average Bonchev–Trinajstić information content (AvgIpc) is 3.58. The number of quaternary nitrogens is 1. The van der Waals surface area contributed by atoms with Crippen molar-refractivity contribution in [3.05, 3.63) is 82.1 Å². The molecule has 0 unspecified atom stereocenters. The molecule has 0 aliphatic carbocycles. The number of benzene rings is 2. The molecule has 0 radical (unpaired) electrons. The Morgan fingerprint density at radius 3 is 2.49 bits per heavy atom. The van der Waals surface area contributed by atoms with Crippen molar-refractivity contribution in [2.45, 2.75) is 12.6 Å². The van der Waals surface area contributed by atoms with Gasteiger partial charge in [-0.1, -0.05) is 6.07 Å². The number of piperazine rings is 1. The summed E-state index contributed by atoms with van der Waals surface area (Å²) in [5, 5.41) is 14.9. The van der Waals surface area contributed by atoms with Crippen molar-refractivity contribution in [3.8, 4) is 11.5 Å². The van der Waals surface area contributed by atoms with Crippen LogP contribution in [0.15, 0.2) is 60.0 Å². The van der Waals surface area contributed by atoms with Gasteiger partial charge in [-0.3, -0.25) is 0 Å². The Labute approximate surface area is 207 Å². The molecule has 1 aliphatic heterocycles. The highest BCUT2D eigenvalue weighted by atomic mass is 32.1. The summed E-state index contributed by atoms with van der Waals surface area (Å²) in [5.41, 5.74) is 2.10. The summed E-state index contributed by atoms with van der Waals surface area (Å²) in [4.78, 5) is 4.85. The van der Waals surface area contributed by atoms with E-state index in [9.17, 15) is 4.39 Å². The summed E-state index contributed by atoms with van der Waals surface area (Å²) in [6.07, 6.45) is 0. The molecule has 0 spiro atoms. The van der Waals surface area contributed by atoms with Gasteiger partial charge in [-0.05, 0) is 64.3 Å². The van der Waals surface area contributed by atoms with E-state index in [2.05, 4.69) is 37.9 Å². The molecule has 0 amide bonds. The molecule has 8 nitrogen and oxygen atoms in total. The van der Waals surface area contributed by atoms with Crippen molar-refractivity contribution in [1.29, 1.82) is 0 Å². The summed E-state index contributed by atoms with van der Waals surface area (Å²) in [5.74, 6) is 1.96. The lowest BCUT2D eigenvalue weighted by Gasteiger charge is -2.37. The Bertz CT molecular complexity index is 1240. The number of nitrogens with one attached hydrogen (secondary N) is 1. The number of hydrogen-bond acceptors (Lipinski definition) is 7. The number of rotatable bonds is 8. The molecule has 4 aromatic rings. The molecule has 2 aromatic heterocycles. The first-order chi connectivity index (χ1) is 17.2. The molecule has 1 N–H and O–H groups in total. The molecule has 182 valence electrons. The summed E-state index contributed by atoms with van der Waals surface area (Å²) < 4.78 is 26.4. The minimum Gasteiger partial charge on any atom is -0.493 e. The maximum absolute atomic E-state index is 13.4. The third-order valence-electron chi connectivity index (χ3n) is 6.45. The molecule has 3 heterocycles. The van der Waals surface area contributed by atoms with Gasteiger partial charge in [0.25, 0.3) is 0 Å². The molecular formula is C25H28FN6O2S+. The Balaban J connectivity index is 1.46. The smallest absolute Gasteiger partial charge is 0.214 e. The molecule has 10 heteroatoms. The lowest BCUT2D eigenvalue weighted by atomic mass is 10.0. The summed E-state index contributed by atoms with van der Waals surface area (Å²) >= 11 is 1.69. The van der Waals surface area contributed by atoms with Crippen LogP contribution in [0.5, 0.6) is 11.5 Å². The van der Waals surface area contributed by atoms with Gasteiger partial charge in [0.15, 0.2) is 17.5 Å². The molecule has 5 rings (SSSR count). The van der Waals surface area contributed by atoms with Crippen molar-refractivity contribution in [1.82, 2.24) is 20.2 Å². The van der Waals surface area contributed by atoms with Gasteiger partial charge in [-0.25, -0.2) is 9.07 Å². The van der Waals surface area contributed by atoms with E-state index in [1.165, 1.54) is 21.9 Å². The predicted octanol–water partition coefficient (Wildman–Crippen LogP) is 2.43. The van der Waals surface area contributed by atoms with Crippen molar-refractivity contribution in [3.63, 3.8) is 0 Å². The maximum atomic E-state index is 13.4. The third kappa shape index (κ3) is 4.98. The van der Waals surface area contributed by atoms with Gasteiger partial charge in [-0.15, -0.1) is 16.4 Å². The average molecular weight is 496 g/mol. The van der Waals surface area contributed by atoms with Crippen molar-refractivity contribution in [2.24, 2.45) is 0 Å². The SMILES string of the molecule is COc1ccc([C@@H](c2nnnn2Cc2cccs2)[NH+]2CCN(c3ccc(F)cc3)CC2)cc1OC. The summed E-state index contributed by atoms with van der Waals surface area (Å²) in [7, 11) is 3.28. The fourth-order valence-electron chi connectivity index (χ4n) is 4.67. The van der Waals surface area contributed by atoms with Crippen molar-refractivity contribution >= 4 is 17.0 Å². The molecule has 0 saturated carbocycles. The van der Waals surface area contributed by atoms with Gasteiger partial charge < -0.3 is 19.3 Å². The van der Waals surface area contributed by atoms with E-state index in [0.29, 0.717) is 18.0 Å². The Morgan fingerprint density at radius 1 is 1.03 bits per heavy atom. The van der Waals surface area contributed by atoms with E-state index in [0.717, 1.165) is 43.3 Å². The summed E-state index contributed by atoms with van der Waals surface area (Å²) in [6, 6.07) is 16.8. The van der Waals surface area contributed by atoms with Crippen LogP contribution in [0.2, 0.25) is 0 Å². The number of anilines is 1. The largest absolute Gasteiger partial charge is 0.493 e. The van der Waals surface area contributed by atoms with Gasteiger partial charge in [0, 0.05) is 16.1 Å². The highest BCUT2D eigenvalue weighted by Crippen LogP contribution is 2.31. The quantitative estimate of drug-likeness (QED) is 0.405. The third-order valence-corrected chi connectivity index (χ3v) is 7.31. The number of ether oxygens (including phenoxy) is 2. The number of tetrazole rings is 1. The second-order valence-corrected chi connectivity index (χ2v) is 9.48. The first-order valence-electron chi connectivity index (χ1n) is 11.5. The maximum Gasteiger partial charge on any atom is 0.214 e. The minimum atomic E-state index is -0.218. The van der Waals surface area contributed by atoms with Gasteiger partial charge in [0.1, 0.15) is 5.82 Å². The van der Waals surface area contributed by atoms with Crippen molar-refractivity contribution < 1.29 is 18.8 Å². The van der Waals surface area contributed by atoms with Crippen LogP contribution in [0.4, 0.5) is 10.1 Å². The fraction of sp³-hybridized carbons (Fsp3) is 0.320. The molecule has 1 aliphatic rings. The van der Waals surface area contributed by atoms with Gasteiger partial charge >= 0.3 is 0 Å². The molecule has 1 fully saturated rings. The number of halogens is 1. The Kier molecular flexibility index (Phi) is 6.91. The first-order valence-corrected chi connectivity index (χ1v) is 12.4. The van der Waals surface area contributed by atoms with Crippen LogP contribution in [0.1, 0.15) is 22.3 Å².